The molecule has 1 aromatic rings. The quantitative estimate of drug-likeness (QED) is 0.558. The number of anilines is 2. The van der Waals surface area contributed by atoms with Gasteiger partial charge in [0.05, 0.1) is 11.4 Å². The molecule has 0 atom stereocenters. The number of amides is 2. The molecule has 1 rings (SSSR count). The molecule has 0 fully saturated rings. The largest absolute Gasteiger partial charge is 0.397 e. The molecule has 0 unspecified atom stereocenters. The molecule has 6 nitrogen and oxygen atoms in total. The predicted octanol–water partition coefficient (Wildman–Crippen LogP) is 0.957. The molecule has 0 aliphatic carbocycles. The summed E-state index contributed by atoms with van der Waals surface area (Å²) in [6, 6.07) is 5.08. The van der Waals surface area contributed by atoms with Crippen LogP contribution in [0.1, 0.15) is 30.6 Å². The summed E-state index contributed by atoms with van der Waals surface area (Å²) in [5.41, 5.74) is 7.63. The van der Waals surface area contributed by atoms with E-state index in [-0.39, 0.29) is 11.8 Å². The molecule has 0 bridgehead atoms. The normalized spacial score (nSPS) is 9.90. The second kappa shape index (κ2) is 8.04. The molecule has 20 heavy (non-hydrogen) atoms. The van der Waals surface area contributed by atoms with Gasteiger partial charge in [0.15, 0.2) is 0 Å². The zero-order valence-electron chi connectivity index (χ0n) is 12.0. The highest BCUT2D eigenvalue weighted by molar-refractivity contribution is 5.96. The highest BCUT2D eigenvalue weighted by atomic mass is 16.2. The molecule has 0 aliphatic heterocycles. The van der Waals surface area contributed by atoms with Gasteiger partial charge in [0.25, 0.3) is 5.91 Å². The summed E-state index contributed by atoms with van der Waals surface area (Å²) >= 11 is 0. The third kappa shape index (κ3) is 4.79. The number of nitrogens with one attached hydrogen (secondary N) is 3. The lowest BCUT2D eigenvalue weighted by Crippen LogP contribution is -2.25. The first-order valence-electron chi connectivity index (χ1n) is 6.76. The highest BCUT2D eigenvalue weighted by Crippen LogP contribution is 2.19. The molecule has 0 saturated carbocycles. The zero-order valence-corrected chi connectivity index (χ0v) is 12.0. The van der Waals surface area contributed by atoms with Crippen molar-refractivity contribution in [3.05, 3.63) is 23.8 Å². The number of rotatable bonds is 7. The molecule has 0 aliphatic rings. The van der Waals surface area contributed by atoms with Crippen LogP contribution in [0.15, 0.2) is 18.2 Å². The molecule has 1 aromatic carbocycles. The molecule has 0 saturated heterocycles. The number of nitrogen functional groups attached to an aromatic ring is 1. The number of hydrogen-bond acceptors (Lipinski definition) is 4. The van der Waals surface area contributed by atoms with Gasteiger partial charge in [0.1, 0.15) is 0 Å². The van der Waals surface area contributed by atoms with Gasteiger partial charge in [0, 0.05) is 31.6 Å². The van der Waals surface area contributed by atoms with Crippen molar-refractivity contribution < 1.29 is 9.59 Å². The van der Waals surface area contributed by atoms with Crippen LogP contribution in [0.25, 0.3) is 0 Å². The Morgan fingerprint density at radius 1 is 1.15 bits per heavy atom. The lowest BCUT2D eigenvalue weighted by molar-refractivity contribution is -0.120. The molecular formula is C14H22N4O2. The number of benzene rings is 1. The van der Waals surface area contributed by atoms with Crippen molar-refractivity contribution in [3.63, 3.8) is 0 Å². The van der Waals surface area contributed by atoms with Gasteiger partial charge >= 0.3 is 0 Å². The van der Waals surface area contributed by atoms with Gasteiger partial charge in [-0.2, -0.15) is 0 Å². The van der Waals surface area contributed by atoms with E-state index in [1.165, 1.54) is 0 Å². The van der Waals surface area contributed by atoms with Crippen LogP contribution < -0.4 is 21.7 Å². The van der Waals surface area contributed by atoms with Crippen LogP contribution in [0.4, 0.5) is 11.4 Å². The summed E-state index contributed by atoms with van der Waals surface area (Å²) in [6.07, 6.45) is 0.380. The molecule has 2 amide bonds. The number of nitrogens with two attached hydrogens (primary N) is 1. The van der Waals surface area contributed by atoms with E-state index in [2.05, 4.69) is 16.0 Å². The summed E-state index contributed by atoms with van der Waals surface area (Å²) in [5.74, 6) is -0.148. The van der Waals surface area contributed by atoms with Crippen molar-refractivity contribution in [2.24, 2.45) is 0 Å². The smallest absolute Gasteiger partial charge is 0.251 e. The van der Waals surface area contributed by atoms with Gasteiger partial charge in [-0.05, 0) is 32.0 Å². The van der Waals surface area contributed by atoms with Crippen molar-refractivity contribution in [1.29, 1.82) is 0 Å². The number of carbonyl (C=O) groups excluding carboxylic acids is 2. The van der Waals surface area contributed by atoms with Gasteiger partial charge in [-0.25, -0.2) is 0 Å². The van der Waals surface area contributed by atoms with E-state index in [0.717, 1.165) is 5.69 Å². The minimum Gasteiger partial charge on any atom is -0.397 e. The highest BCUT2D eigenvalue weighted by Gasteiger charge is 2.07. The maximum atomic E-state index is 11.6. The van der Waals surface area contributed by atoms with Crippen molar-refractivity contribution in [2.75, 3.05) is 30.7 Å². The Morgan fingerprint density at radius 2 is 1.85 bits per heavy atom. The van der Waals surface area contributed by atoms with E-state index in [4.69, 9.17) is 5.73 Å². The van der Waals surface area contributed by atoms with E-state index in [1.807, 2.05) is 13.8 Å². The minimum atomic E-state index is -0.145. The Hall–Kier alpha value is -2.24. The summed E-state index contributed by atoms with van der Waals surface area (Å²) in [5, 5.41) is 8.52. The second-order valence-electron chi connectivity index (χ2n) is 4.29. The van der Waals surface area contributed by atoms with Crippen LogP contribution in [0.5, 0.6) is 0 Å². The van der Waals surface area contributed by atoms with Gasteiger partial charge in [-0.15, -0.1) is 0 Å². The lowest BCUT2D eigenvalue weighted by Gasteiger charge is -2.11. The third-order valence-corrected chi connectivity index (χ3v) is 2.69. The van der Waals surface area contributed by atoms with Crippen molar-refractivity contribution >= 4 is 23.2 Å². The molecule has 0 heterocycles. The SMILES string of the molecule is CCNC(=O)CCNc1ccc(C(=O)NCC)cc1N. The van der Waals surface area contributed by atoms with Crippen LogP contribution >= 0.6 is 0 Å². The van der Waals surface area contributed by atoms with E-state index < -0.39 is 0 Å². The number of carbonyl (C=O) groups is 2. The lowest BCUT2D eigenvalue weighted by atomic mass is 10.1. The van der Waals surface area contributed by atoms with Crippen LogP contribution in [0.2, 0.25) is 0 Å². The average Bonchev–Trinajstić information content (AvgIpc) is 2.41. The fraction of sp³-hybridized carbons (Fsp3) is 0.429. The molecule has 6 heteroatoms. The fourth-order valence-electron chi connectivity index (χ4n) is 1.72. The van der Waals surface area contributed by atoms with Crippen LogP contribution in [-0.2, 0) is 4.79 Å². The average molecular weight is 278 g/mol. The molecule has 0 aromatic heterocycles. The van der Waals surface area contributed by atoms with E-state index in [9.17, 15) is 9.59 Å². The standard InChI is InChI=1S/C14H22N4O2/c1-3-16-13(19)7-8-18-12-6-5-10(9-11(12)15)14(20)17-4-2/h5-6,9,18H,3-4,7-8,15H2,1-2H3,(H,16,19)(H,17,20). The van der Waals surface area contributed by atoms with Gasteiger partial charge in [-0.1, -0.05) is 0 Å². The Balaban J connectivity index is 2.56. The van der Waals surface area contributed by atoms with Crippen molar-refractivity contribution in [2.45, 2.75) is 20.3 Å². The summed E-state index contributed by atoms with van der Waals surface area (Å²) < 4.78 is 0. The van der Waals surface area contributed by atoms with Crippen molar-refractivity contribution in [3.8, 4) is 0 Å². The van der Waals surface area contributed by atoms with Crippen LogP contribution in [0.3, 0.4) is 0 Å². The topological polar surface area (TPSA) is 96.2 Å². The zero-order chi connectivity index (χ0) is 15.0. The third-order valence-electron chi connectivity index (χ3n) is 2.69. The Morgan fingerprint density at radius 3 is 2.45 bits per heavy atom. The maximum absolute atomic E-state index is 11.6. The summed E-state index contributed by atoms with van der Waals surface area (Å²) in [4.78, 5) is 22.9. The Bertz CT molecular complexity index is 474. The van der Waals surface area contributed by atoms with Gasteiger partial charge in [0.2, 0.25) is 5.91 Å². The van der Waals surface area contributed by atoms with E-state index in [1.54, 1.807) is 18.2 Å². The predicted molar refractivity (Wildman–Crippen MR) is 80.7 cm³/mol. The fourth-order valence-corrected chi connectivity index (χ4v) is 1.72. The minimum absolute atomic E-state index is 0.00230. The van der Waals surface area contributed by atoms with Crippen LogP contribution in [-0.4, -0.2) is 31.4 Å². The molecule has 0 radical (unpaired) electrons. The number of hydrogen-bond donors (Lipinski definition) is 4. The second-order valence-corrected chi connectivity index (χ2v) is 4.29. The first-order valence-corrected chi connectivity index (χ1v) is 6.76. The van der Waals surface area contributed by atoms with E-state index >= 15 is 0 Å². The van der Waals surface area contributed by atoms with Crippen molar-refractivity contribution in [1.82, 2.24) is 10.6 Å². The Kier molecular flexibility index (Phi) is 6.36. The molecule has 5 N–H and O–H groups in total. The monoisotopic (exact) mass is 278 g/mol. The van der Waals surface area contributed by atoms with E-state index in [0.29, 0.717) is 37.3 Å². The van der Waals surface area contributed by atoms with Crippen LogP contribution in [0, 0.1) is 0 Å². The summed E-state index contributed by atoms with van der Waals surface area (Å²) in [7, 11) is 0. The summed E-state index contributed by atoms with van der Waals surface area (Å²) in [6.45, 7) is 5.44. The van der Waals surface area contributed by atoms with Gasteiger partial charge < -0.3 is 21.7 Å². The molecular weight excluding hydrogens is 256 g/mol. The Labute approximate surface area is 119 Å². The van der Waals surface area contributed by atoms with Gasteiger partial charge in [-0.3, -0.25) is 9.59 Å². The molecule has 0 spiro atoms. The first kappa shape index (κ1) is 15.8. The first-order chi connectivity index (χ1) is 9.58. The molecule has 110 valence electrons. The maximum Gasteiger partial charge on any atom is 0.251 e.